The molecule has 1 aromatic rings. The molecule has 0 saturated carbocycles. The Hall–Kier alpha value is -0.730. The fraction of sp³-hybridized carbons (Fsp3) is 0. The monoisotopic (exact) mass is 191 g/mol. The molecule has 0 fully saturated rings. The standard InChI is InChI=1S/C7H4Cl2O2/c8-4-2-1-3-5(9)6(4)7(10)11/h1-3H,(H,10,11)/i/hD. The second kappa shape index (κ2) is 3.11. The van der Waals surface area contributed by atoms with E-state index in [1.54, 1.807) is 6.07 Å². The average molecular weight is 192 g/mol. The van der Waals surface area contributed by atoms with Crippen molar-refractivity contribution in [1.29, 1.82) is 1.43 Å². The molecule has 0 saturated heterocycles. The molecular weight excluding hydrogens is 187 g/mol. The molecule has 58 valence electrons. The van der Waals surface area contributed by atoms with Crippen LogP contribution in [-0.4, -0.2) is 11.1 Å². The van der Waals surface area contributed by atoms with Gasteiger partial charge in [-0.05, 0) is 12.1 Å². The second-order valence-electron chi connectivity index (χ2n) is 1.88. The van der Waals surface area contributed by atoms with Gasteiger partial charge in [-0.25, -0.2) is 4.79 Å². The van der Waals surface area contributed by atoms with Crippen LogP contribution >= 0.6 is 23.2 Å². The van der Waals surface area contributed by atoms with E-state index in [1.165, 1.54) is 12.1 Å². The summed E-state index contributed by atoms with van der Waals surface area (Å²) in [5, 5.41) is 4.10. The van der Waals surface area contributed by atoms with E-state index >= 15 is 0 Å². The number of carbonyl (C=O) groups is 1. The minimum Gasteiger partial charge on any atom is -0.478 e. The highest BCUT2D eigenvalue weighted by Gasteiger charge is 2.11. The van der Waals surface area contributed by atoms with Crippen molar-refractivity contribution in [1.82, 2.24) is 0 Å². The van der Waals surface area contributed by atoms with Gasteiger partial charge in [0.05, 0.1) is 15.6 Å². The van der Waals surface area contributed by atoms with Crippen LogP contribution in [0.15, 0.2) is 18.2 Å². The summed E-state index contributed by atoms with van der Waals surface area (Å²) in [5.41, 5.74) is 0.0239. The van der Waals surface area contributed by atoms with E-state index in [0.717, 1.165) is 0 Å². The van der Waals surface area contributed by atoms with Gasteiger partial charge in [-0.15, -0.1) is 0 Å². The van der Waals surface area contributed by atoms with Crippen LogP contribution in [0.2, 0.25) is 10.0 Å². The molecule has 0 atom stereocenters. The molecular formula is C7H4Cl2O2. The number of aromatic carboxylic acids is 1. The maximum absolute atomic E-state index is 10.9. The van der Waals surface area contributed by atoms with Crippen LogP contribution in [0, 0.1) is 0 Å². The number of carboxylic acids is 1. The van der Waals surface area contributed by atoms with Crippen molar-refractivity contribution in [3.05, 3.63) is 33.8 Å². The van der Waals surface area contributed by atoms with Gasteiger partial charge < -0.3 is 5.11 Å². The van der Waals surface area contributed by atoms with Crippen LogP contribution in [-0.2, 0) is 0 Å². The molecule has 0 radical (unpaired) electrons. The lowest BCUT2D eigenvalue weighted by atomic mass is 10.2. The third kappa shape index (κ3) is 1.64. The molecule has 4 heteroatoms. The van der Waals surface area contributed by atoms with E-state index in [2.05, 4.69) is 5.11 Å². The zero-order valence-corrected chi connectivity index (χ0v) is 6.82. The van der Waals surface area contributed by atoms with Crippen molar-refractivity contribution in [2.45, 2.75) is 0 Å². The van der Waals surface area contributed by atoms with E-state index in [1.807, 2.05) is 0 Å². The van der Waals surface area contributed by atoms with Crippen LogP contribution in [0.5, 0.6) is 0 Å². The summed E-state index contributed by atoms with van der Waals surface area (Å²) < 4.78 is 6.37. The summed E-state index contributed by atoms with van der Waals surface area (Å²) in [5.74, 6) is -0.856. The summed E-state index contributed by atoms with van der Waals surface area (Å²) in [7, 11) is 0. The van der Waals surface area contributed by atoms with Crippen LogP contribution < -0.4 is 0 Å². The molecule has 2 nitrogen and oxygen atoms in total. The number of carboxylic acid groups (broad SMARTS) is 1. The third-order valence-corrected chi connectivity index (χ3v) is 1.80. The second-order valence-corrected chi connectivity index (χ2v) is 2.70. The molecule has 0 amide bonds. The van der Waals surface area contributed by atoms with Crippen molar-refractivity contribution >= 4 is 29.2 Å². The smallest absolute Gasteiger partial charge is 0.338 e. The van der Waals surface area contributed by atoms with E-state index < -0.39 is 5.97 Å². The molecule has 0 aliphatic rings. The van der Waals surface area contributed by atoms with Gasteiger partial charge in [0.15, 0.2) is 0 Å². The molecule has 1 rings (SSSR count). The van der Waals surface area contributed by atoms with Crippen LogP contribution in [0.25, 0.3) is 1.43 Å². The lowest BCUT2D eigenvalue weighted by Gasteiger charge is -1.98. The summed E-state index contributed by atoms with van der Waals surface area (Å²) in [6.45, 7) is 0. The first-order valence-corrected chi connectivity index (χ1v) is 3.54. The highest BCUT2D eigenvalue weighted by Crippen LogP contribution is 2.23. The van der Waals surface area contributed by atoms with E-state index in [4.69, 9.17) is 24.6 Å². The Kier molecular flexibility index (Phi) is 1.97. The van der Waals surface area contributed by atoms with E-state index in [-0.39, 0.29) is 15.6 Å². The lowest BCUT2D eigenvalue weighted by Crippen LogP contribution is -1.97. The molecule has 0 aliphatic heterocycles. The molecule has 0 heterocycles. The molecule has 0 spiro atoms. The highest BCUT2D eigenvalue weighted by molar-refractivity contribution is 6.39. The fourth-order valence-electron chi connectivity index (χ4n) is 0.693. The van der Waals surface area contributed by atoms with Gasteiger partial charge in [0.2, 0.25) is 0 Å². The summed E-state index contributed by atoms with van der Waals surface area (Å²) in [4.78, 5) is 10.9. The van der Waals surface area contributed by atoms with Crippen molar-refractivity contribution in [2.24, 2.45) is 0 Å². The first-order chi connectivity index (χ1) is 5.66. The minimum atomic E-state index is -0.856. The van der Waals surface area contributed by atoms with Gasteiger partial charge in [-0.3, -0.25) is 0 Å². The SMILES string of the molecule is [2H]OC(=O)c1c(Cl)cccc1Cl. The summed E-state index contributed by atoms with van der Waals surface area (Å²) in [6, 6.07) is 4.60. The normalized spacial score (nSPS) is 10.5. The molecule has 0 aliphatic carbocycles. The molecule has 11 heavy (non-hydrogen) atoms. The van der Waals surface area contributed by atoms with Gasteiger partial charge in [0.25, 0.3) is 1.43 Å². The van der Waals surface area contributed by atoms with Crippen molar-refractivity contribution in [3.63, 3.8) is 0 Å². The minimum absolute atomic E-state index is 0.0239. The number of benzene rings is 1. The van der Waals surface area contributed by atoms with Gasteiger partial charge >= 0.3 is 5.97 Å². The zero-order chi connectivity index (χ0) is 9.14. The van der Waals surface area contributed by atoms with Gasteiger partial charge in [0.1, 0.15) is 0 Å². The Morgan fingerprint density at radius 1 is 1.45 bits per heavy atom. The largest absolute Gasteiger partial charge is 0.478 e. The zero-order valence-electron chi connectivity index (χ0n) is 6.30. The average Bonchev–Trinajstić information content (AvgIpc) is 2.03. The van der Waals surface area contributed by atoms with Gasteiger partial charge in [0, 0.05) is 0 Å². The van der Waals surface area contributed by atoms with E-state index in [9.17, 15) is 4.79 Å². The first kappa shape index (κ1) is 6.95. The Balaban J connectivity index is 3.21. The summed E-state index contributed by atoms with van der Waals surface area (Å²) >= 11 is 11.3. The Bertz CT molecular complexity index is 294. The van der Waals surface area contributed by atoms with Gasteiger partial charge in [-0.1, -0.05) is 29.3 Å². The topological polar surface area (TPSA) is 37.3 Å². The number of halogens is 2. The molecule has 0 aromatic heterocycles. The first-order valence-electron chi connectivity index (χ1n) is 3.19. The molecule has 0 bridgehead atoms. The summed E-state index contributed by atoms with van der Waals surface area (Å²) in [6.07, 6.45) is 0. The van der Waals surface area contributed by atoms with Gasteiger partial charge in [-0.2, -0.15) is 0 Å². The quantitative estimate of drug-likeness (QED) is 0.742. The van der Waals surface area contributed by atoms with E-state index in [0.29, 0.717) is 0 Å². The van der Waals surface area contributed by atoms with Crippen molar-refractivity contribution in [2.75, 3.05) is 0 Å². The number of hydrogen-bond donors (Lipinski definition) is 1. The predicted octanol–water partition coefficient (Wildman–Crippen LogP) is 2.69. The Morgan fingerprint density at radius 2 is 2.00 bits per heavy atom. The molecule has 1 aromatic carbocycles. The maximum Gasteiger partial charge on any atom is 0.338 e. The van der Waals surface area contributed by atoms with Crippen molar-refractivity contribution in [3.8, 4) is 0 Å². The Morgan fingerprint density at radius 3 is 2.45 bits per heavy atom. The maximum atomic E-state index is 10.9. The van der Waals surface area contributed by atoms with Crippen LogP contribution in [0.1, 0.15) is 10.4 Å². The fourth-order valence-corrected chi connectivity index (χ4v) is 1.24. The van der Waals surface area contributed by atoms with Crippen LogP contribution in [0.4, 0.5) is 0 Å². The Labute approximate surface area is 74.9 Å². The molecule has 1 N–H and O–H groups in total. The third-order valence-electron chi connectivity index (χ3n) is 1.17. The number of rotatable bonds is 1. The van der Waals surface area contributed by atoms with Crippen LogP contribution in [0.3, 0.4) is 0 Å². The highest BCUT2D eigenvalue weighted by atomic mass is 35.5. The van der Waals surface area contributed by atoms with Crippen molar-refractivity contribution < 1.29 is 9.90 Å². The number of hydrogen-bond acceptors (Lipinski definition) is 2. The lowest BCUT2D eigenvalue weighted by molar-refractivity contribution is 0.0697. The predicted molar refractivity (Wildman–Crippen MR) is 43.4 cm³/mol. The molecule has 0 unspecified atom stereocenters.